The number of hydrogen-bond donors (Lipinski definition) is 4. The summed E-state index contributed by atoms with van der Waals surface area (Å²) in [7, 11) is -2.43. The number of nitrogens with two attached hydrogens (primary N) is 2. The number of aromatic amines is 1. The first-order valence-corrected chi connectivity index (χ1v) is 14.7. The van der Waals surface area contributed by atoms with Gasteiger partial charge in [-0.25, -0.2) is 15.0 Å². The van der Waals surface area contributed by atoms with Crippen molar-refractivity contribution in [3.05, 3.63) is 35.3 Å². The maximum Gasteiger partial charge on any atom is 0.319 e. The molecule has 4 aromatic rings. The van der Waals surface area contributed by atoms with Crippen molar-refractivity contribution >= 4 is 50.8 Å². The Morgan fingerprint density at radius 2 is 2.13 bits per heavy atom. The van der Waals surface area contributed by atoms with Crippen LogP contribution in [-0.2, 0) is 18.3 Å². The molecule has 0 radical (unpaired) electrons. The molecule has 4 aromatic heterocycles. The van der Waals surface area contributed by atoms with Gasteiger partial charge >= 0.3 is 8.25 Å². The van der Waals surface area contributed by atoms with Crippen LogP contribution in [0.2, 0.25) is 0 Å². The first kappa shape index (κ1) is 25.4. The predicted octanol–water partition coefficient (Wildman–Crippen LogP) is 0.997. The van der Waals surface area contributed by atoms with Gasteiger partial charge in [-0.15, -0.1) is 8.58 Å². The number of H-pyrrole nitrogens is 1. The van der Waals surface area contributed by atoms with Crippen molar-refractivity contribution in [2.24, 2.45) is 5.92 Å². The highest BCUT2D eigenvalue weighted by Gasteiger charge is 2.38. The van der Waals surface area contributed by atoms with Gasteiger partial charge < -0.3 is 34.9 Å². The molecule has 0 amide bonds. The van der Waals surface area contributed by atoms with E-state index in [2.05, 4.69) is 24.9 Å². The van der Waals surface area contributed by atoms with Crippen LogP contribution in [0.15, 0.2) is 29.7 Å². The summed E-state index contributed by atoms with van der Waals surface area (Å²) >= 11 is 0. The van der Waals surface area contributed by atoms with Crippen LogP contribution in [0.4, 0.5) is 11.8 Å². The molecule has 0 bridgehead atoms. The number of fused-ring (bicyclic) bond motifs is 3. The molecule has 2 fully saturated rings. The van der Waals surface area contributed by atoms with Crippen molar-refractivity contribution in [3.63, 3.8) is 0 Å². The lowest BCUT2D eigenvalue weighted by atomic mass is 10.0. The van der Waals surface area contributed by atoms with Crippen molar-refractivity contribution < 1.29 is 23.5 Å². The Morgan fingerprint density at radius 3 is 3.00 bits per heavy atom. The fraction of sp³-hybridized carbons (Fsp3) is 0.476. The van der Waals surface area contributed by atoms with Crippen LogP contribution in [0.1, 0.15) is 25.3 Å². The van der Waals surface area contributed by atoms with Crippen LogP contribution in [0.3, 0.4) is 0 Å². The average molecular weight is 563 g/mol. The third-order valence-corrected chi connectivity index (χ3v) is 9.26. The van der Waals surface area contributed by atoms with Gasteiger partial charge in [-0.1, -0.05) is 0 Å². The number of nitrogens with zero attached hydrogens (tertiary/aromatic N) is 6. The SMILES string of the molecule is Nc1nc2c(ncn2[C@H](O)[C@H]2CCPC[C@H]3C[C@H](n4ccc5c(N)ncnc54)OC3CO[PH](=O)O2)c(=O)[nH]1. The minimum atomic E-state index is -2.98. The van der Waals surface area contributed by atoms with E-state index < -0.39 is 26.1 Å². The molecule has 3 unspecified atom stereocenters. The summed E-state index contributed by atoms with van der Waals surface area (Å²) < 4.78 is 33.7. The molecule has 6 heterocycles. The zero-order valence-corrected chi connectivity index (χ0v) is 22.1. The van der Waals surface area contributed by atoms with Crippen molar-refractivity contribution in [2.45, 2.75) is 37.5 Å². The van der Waals surface area contributed by atoms with Crippen LogP contribution < -0.4 is 17.0 Å². The average Bonchev–Trinajstić information content (AvgIpc) is 3.61. The lowest BCUT2D eigenvalue weighted by molar-refractivity contribution is -0.0347. The molecule has 38 heavy (non-hydrogen) atoms. The van der Waals surface area contributed by atoms with E-state index in [4.69, 9.17) is 25.3 Å². The smallest absolute Gasteiger partial charge is 0.319 e. The number of rotatable bonds is 3. The summed E-state index contributed by atoms with van der Waals surface area (Å²) in [6.07, 6.45) is 4.67. The highest BCUT2D eigenvalue weighted by atomic mass is 31.1. The summed E-state index contributed by atoms with van der Waals surface area (Å²) in [5, 5.41) is 11.8. The van der Waals surface area contributed by atoms with E-state index in [1.807, 2.05) is 16.8 Å². The Hall–Kier alpha value is -2.93. The van der Waals surface area contributed by atoms with Crippen LogP contribution in [-0.4, -0.2) is 70.3 Å². The third-order valence-electron chi connectivity index (χ3n) is 6.91. The van der Waals surface area contributed by atoms with Gasteiger partial charge in [0.1, 0.15) is 30.1 Å². The van der Waals surface area contributed by atoms with Gasteiger partial charge in [0.05, 0.1) is 24.4 Å². The molecule has 6 N–H and O–H groups in total. The molecule has 2 saturated heterocycles. The second-order valence-electron chi connectivity index (χ2n) is 9.24. The van der Waals surface area contributed by atoms with Gasteiger partial charge in [-0.3, -0.25) is 18.9 Å². The Labute approximate surface area is 217 Å². The maximum atomic E-state index is 12.8. The minimum Gasteiger partial charge on any atom is -0.383 e. The second kappa shape index (κ2) is 10.3. The Balaban J connectivity index is 1.17. The number of nitrogen functional groups attached to an aromatic ring is 2. The number of aliphatic hydroxyl groups is 1. The summed E-state index contributed by atoms with van der Waals surface area (Å²) in [4.78, 5) is 31.0. The molecule has 15 nitrogen and oxygen atoms in total. The third kappa shape index (κ3) is 4.70. The van der Waals surface area contributed by atoms with Gasteiger partial charge in [0.2, 0.25) is 5.95 Å². The second-order valence-corrected chi connectivity index (χ2v) is 11.7. The van der Waals surface area contributed by atoms with Gasteiger partial charge in [-0.05, 0) is 37.1 Å². The molecular formula is C21H27N9O6P2. The molecule has 202 valence electrons. The number of imidazole rings is 1. The predicted molar refractivity (Wildman–Crippen MR) is 140 cm³/mol. The Kier molecular flexibility index (Phi) is 6.89. The number of ether oxygens (including phenoxy) is 1. The molecule has 17 heteroatoms. The quantitative estimate of drug-likeness (QED) is 0.257. The Bertz CT molecular complexity index is 1560. The monoisotopic (exact) mass is 563 g/mol. The van der Waals surface area contributed by atoms with E-state index in [0.717, 1.165) is 24.1 Å². The van der Waals surface area contributed by atoms with E-state index in [9.17, 15) is 14.5 Å². The summed E-state index contributed by atoms with van der Waals surface area (Å²) in [6.45, 7) is 0.0874. The molecule has 0 aromatic carbocycles. The molecule has 0 aliphatic carbocycles. The summed E-state index contributed by atoms with van der Waals surface area (Å²) in [5.41, 5.74) is 12.0. The number of aromatic nitrogens is 7. The number of nitrogens with one attached hydrogen (secondary N) is 1. The molecule has 0 saturated carbocycles. The van der Waals surface area contributed by atoms with Crippen molar-refractivity contribution in [3.8, 4) is 0 Å². The topological polar surface area (TPSA) is 211 Å². The van der Waals surface area contributed by atoms with Gasteiger partial charge in [0, 0.05) is 6.20 Å². The van der Waals surface area contributed by atoms with Gasteiger partial charge in [0.25, 0.3) is 5.56 Å². The van der Waals surface area contributed by atoms with Crippen molar-refractivity contribution in [2.75, 3.05) is 30.4 Å². The molecule has 7 atom stereocenters. The van der Waals surface area contributed by atoms with E-state index in [1.165, 1.54) is 17.2 Å². The minimum absolute atomic E-state index is 0.0323. The lowest BCUT2D eigenvalue weighted by Gasteiger charge is -2.24. The summed E-state index contributed by atoms with van der Waals surface area (Å²) in [5.74, 6) is 0.489. The summed E-state index contributed by atoms with van der Waals surface area (Å²) in [6, 6.07) is 1.87. The normalized spacial score (nSPS) is 28.4. The largest absolute Gasteiger partial charge is 0.383 e. The fourth-order valence-electron chi connectivity index (χ4n) is 5.00. The van der Waals surface area contributed by atoms with E-state index in [0.29, 0.717) is 26.5 Å². The molecule has 2 aliphatic rings. The first-order valence-electron chi connectivity index (χ1n) is 12.1. The van der Waals surface area contributed by atoms with Crippen LogP contribution >= 0.6 is 16.8 Å². The van der Waals surface area contributed by atoms with Crippen LogP contribution in [0, 0.1) is 5.92 Å². The highest BCUT2D eigenvalue weighted by molar-refractivity contribution is 7.38. The fourth-order valence-corrected chi connectivity index (χ4v) is 7.34. The zero-order valence-electron chi connectivity index (χ0n) is 20.1. The Morgan fingerprint density at radius 1 is 1.26 bits per heavy atom. The molecule has 6 rings (SSSR count). The number of aliphatic hydroxyl groups excluding tert-OH is 1. The van der Waals surface area contributed by atoms with E-state index in [-0.39, 0.29) is 42.0 Å². The van der Waals surface area contributed by atoms with Crippen LogP contribution in [0.25, 0.3) is 22.2 Å². The van der Waals surface area contributed by atoms with Crippen molar-refractivity contribution in [1.29, 1.82) is 0 Å². The molecular weight excluding hydrogens is 536 g/mol. The number of anilines is 2. The zero-order chi connectivity index (χ0) is 26.4. The van der Waals surface area contributed by atoms with Crippen LogP contribution in [0.5, 0.6) is 0 Å². The van der Waals surface area contributed by atoms with Gasteiger partial charge in [-0.2, -0.15) is 4.98 Å². The molecule has 2 aliphatic heterocycles. The maximum absolute atomic E-state index is 12.8. The van der Waals surface area contributed by atoms with E-state index in [1.54, 1.807) is 0 Å². The number of hydrogen-bond acceptors (Lipinski definition) is 12. The first-order chi connectivity index (χ1) is 18.4. The highest BCUT2D eigenvalue weighted by Crippen LogP contribution is 2.42. The standard InChI is InChI=1S/C21H27N9O6P2/c22-16-11-1-3-29(17(11)25-8-24-16)14-5-10-7-37-4-2-12(36-38(33)34-6-13(10)35-14)20(32)30-9-26-15-18(30)27-21(23)28-19(15)31/h1,3,8-10,12-14,20,32,37-38H,2,4-7H2,(H2,22,24,25)(H3,23,27,28,31)/t10-,12-,13?,14-,20-/m1/s1. The lowest BCUT2D eigenvalue weighted by Crippen LogP contribution is -2.26. The molecule has 0 spiro atoms. The van der Waals surface area contributed by atoms with E-state index >= 15 is 0 Å². The van der Waals surface area contributed by atoms with Crippen molar-refractivity contribution in [1.82, 2.24) is 34.1 Å². The van der Waals surface area contributed by atoms with Gasteiger partial charge in [0.15, 0.2) is 17.4 Å².